The second-order valence-corrected chi connectivity index (χ2v) is 7.27. The quantitative estimate of drug-likeness (QED) is 0.642. The summed E-state index contributed by atoms with van der Waals surface area (Å²) in [4.78, 5) is 16.8. The average molecular weight is 397 g/mol. The molecule has 0 radical (unpaired) electrons. The molecule has 1 amide bonds. The van der Waals surface area contributed by atoms with Crippen molar-refractivity contribution in [1.82, 2.24) is 4.98 Å². The van der Waals surface area contributed by atoms with Gasteiger partial charge in [0.25, 0.3) is 0 Å². The van der Waals surface area contributed by atoms with Crippen LogP contribution in [0, 0.1) is 0 Å². The highest BCUT2D eigenvalue weighted by Gasteiger charge is 2.28. The average Bonchev–Trinajstić information content (AvgIpc) is 3.46. The minimum atomic E-state index is -0.253. The smallest absolute Gasteiger partial charge is 0.248 e. The molecule has 28 heavy (non-hydrogen) atoms. The molecule has 1 aliphatic carbocycles. The van der Waals surface area contributed by atoms with E-state index in [-0.39, 0.29) is 5.91 Å². The predicted molar refractivity (Wildman–Crippen MR) is 106 cm³/mol. The van der Waals surface area contributed by atoms with Gasteiger partial charge in [-0.25, -0.2) is 4.98 Å². The van der Waals surface area contributed by atoms with Crippen LogP contribution in [0.2, 0.25) is 5.02 Å². The van der Waals surface area contributed by atoms with Crippen molar-refractivity contribution < 1.29 is 18.7 Å². The van der Waals surface area contributed by atoms with Crippen LogP contribution < -0.4 is 14.8 Å². The molecular weight excluding hydrogens is 380 g/mol. The molecule has 0 atom stereocenters. The number of rotatable bonds is 4. The van der Waals surface area contributed by atoms with Gasteiger partial charge in [0.05, 0.1) is 5.02 Å². The Labute approximate surface area is 166 Å². The lowest BCUT2D eigenvalue weighted by Gasteiger charge is -2.19. The zero-order valence-electron chi connectivity index (χ0n) is 14.9. The first-order chi connectivity index (χ1) is 13.7. The van der Waals surface area contributed by atoms with E-state index in [2.05, 4.69) is 10.3 Å². The van der Waals surface area contributed by atoms with Crippen LogP contribution in [-0.2, 0) is 4.79 Å². The van der Waals surface area contributed by atoms with Crippen molar-refractivity contribution in [3.05, 3.63) is 52.9 Å². The molecule has 1 aromatic heterocycles. The van der Waals surface area contributed by atoms with E-state index in [9.17, 15) is 4.79 Å². The monoisotopic (exact) mass is 396 g/mol. The number of amides is 1. The highest BCUT2D eigenvalue weighted by Crippen LogP contribution is 2.41. The number of aromatic nitrogens is 1. The molecule has 142 valence electrons. The molecule has 5 rings (SSSR count). The Hall–Kier alpha value is -2.99. The first-order valence-electron chi connectivity index (χ1n) is 9.14. The summed E-state index contributed by atoms with van der Waals surface area (Å²) in [7, 11) is 0. The van der Waals surface area contributed by atoms with E-state index < -0.39 is 0 Å². The maximum atomic E-state index is 12.3. The fraction of sp³-hybridized carbons (Fsp3) is 0.238. The minimum Gasteiger partial charge on any atom is -0.486 e. The number of hydrogen-bond acceptors (Lipinski definition) is 5. The van der Waals surface area contributed by atoms with Gasteiger partial charge in [0, 0.05) is 17.7 Å². The number of benzene rings is 2. The molecule has 0 unspecified atom stereocenters. The molecule has 6 nitrogen and oxygen atoms in total. The molecule has 1 fully saturated rings. The van der Waals surface area contributed by atoms with E-state index in [1.54, 1.807) is 24.3 Å². The van der Waals surface area contributed by atoms with Crippen LogP contribution in [-0.4, -0.2) is 24.1 Å². The fourth-order valence-corrected chi connectivity index (χ4v) is 3.38. The lowest BCUT2D eigenvalue weighted by atomic mass is 10.1. The van der Waals surface area contributed by atoms with Crippen molar-refractivity contribution in [3.63, 3.8) is 0 Å². The summed E-state index contributed by atoms with van der Waals surface area (Å²) in [6.07, 6.45) is 5.39. The Morgan fingerprint density at radius 1 is 1.18 bits per heavy atom. The number of ether oxygens (including phenoxy) is 2. The summed E-state index contributed by atoms with van der Waals surface area (Å²) < 4.78 is 16.8. The van der Waals surface area contributed by atoms with Crippen LogP contribution in [0.4, 0.5) is 5.69 Å². The Bertz CT molecular complexity index is 1100. The van der Waals surface area contributed by atoms with E-state index in [1.165, 1.54) is 6.08 Å². The van der Waals surface area contributed by atoms with Crippen molar-refractivity contribution >= 4 is 40.4 Å². The van der Waals surface area contributed by atoms with E-state index in [0.29, 0.717) is 41.3 Å². The number of anilines is 1. The van der Waals surface area contributed by atoms with Gasteiger partial charge in [0.2, 0.25) is 5.91 Å². The summed E-state index contributed by atoms with van der Waals surface area (Å²) in [5.74, 6) is 2.11. The minimum absolute atomic E-state index is 0.253. The zero-order valence-corrected chi connectivity index (χ0v) is 15.7. The van der Waals surface area contributed by atoms with Crippen LogP contribution in [0.1, 0.15) is 30.2 Å². The topological polar surface area (TPSA) is 73.6 Å². The molecular formula is C21H17ClN2O4. The fourth-order valence-electron chi connectivity index (χ4n) is 3.11. The molecule has 2 aromatic carbocycles. The summed E-state index contributed by atoms with van der Waals surface area (Å²) >= 11 is 6.22. The number of nitrogens with zero attached hydrogens (tertiary/aromatic N) is 1. The molecule has 0 bridgehead atoms. The van der Waals surface area contributed by atoms with Crippen LogP contribution in [0.5, 0.6) is 11.5 Å². The van der Waals surface area contributed by atoms with Gasteiger partial charge in [0.1, 0.15) is 18.7 Å². The molecule has 2 aliphatic rings. The summed E-state index contributed by atoms with van der Waals surface area (Å²) in [6, 6.07) is 8.98. The lowest BCUT2D eigenvalue weighted by molar-refractivity contribution is -0.111. The molecule has 1 N–H and O–H groups in total. The van der Waals surface area contributed by atoms with Gasteiger partial charge >= 0.3 is 0 Å². The van der Waals surface area contributed by atoms with Gasteiger partial charge in [-0.15, -0.1) is 0 Å². The highest BCUT2D eigenvalue weighted by molar-refractivity contribution is 6.32. The molecule has 0 saturated heterocycles. The van der Waals surface area contributed by atoms with Gasteiger partial charge in [-0.1, -0.05) is 11.6 Å². The number of oxazole rings is 1. The number of carbonyl (C=O) groups excluding carboxylic acids is 1. The van der Waals surface area contributed by atoms with Gasteiger partial charge in [-0.05, 0) is 54.8 Å². The van der Waals surface area contributed by atoms with Crippen molar-refractivity contribution in [2.45, 2.75) is 18.8 Å². The Morgan fingerprint density at radius 2 is 2.04 bits per heavy atom. The van der Waals surface area contributed by atoms with Crippen molar-refractivity contribution in [3.8, 4) is 11.5 Å². The van der Waals surface area contributed by atoms with Gasteiger partial charge < -0.3 is 19.2 Å². The predicted octanol–water partition coefficient (Wildman–Crippen LogP) is 4.78. The highest BCUT2D eigenvalue weighted by atomic mass is 35.5. The number of hydrogen-bond donors (Lipinski definition) is 1. The second kappa shape index (κ2) is 6.87. The standard InChI is InChI=1S/C21H17ClN2O4/c22-15-9-12(10-18-20(15)27-8-7-26-18)1-6-19(25)23-14-4-5-17-16(11-14)24-21(28-17)13-2-3-13/h1,4-6,9-11,13H,2-3,7-8H2,(H,23,25)/b6-1+. The van der Waals surface area contributed by atoms with E-state index >= 15 is 0 Å². The molecule has 1 aliphatic heterocycles. The number of carbonyl (C=O) groups is 1. The third kappa shape index (κ3) is 3.43. The number of halogens is 1. The van der Waals surface area contributed by atoms with E-state index in [1.807, 2.05) is 12.1 Å². The SMILES string of the molecule is O=C(/C=C/c1cc(Cl)c2c(c1)OCCO2)Nc1ccc2oc(C3CC3)nc2c1. The first kappa shape index (κ1) is 17.1. The third-order valence-electron chi connectivity index (χ3n) is 4.64. The molecule has 3 aromatic rings. The molecule has 1 saturated carbocycles. The maximum absolute atomic E-state index is 12.3. The molecule has 0 spiro atoms. The summed E-state index contributed by atoms with van der Waals surface area (Å²) in [5, 5.41) is 3.30. The maximum Gasteiger partial charge on any atom is 0.248 e. The number of fused-ring (bicyclic) bond motifs is 2. The van der Waals surface area contributed by atoms with Crippen LogP contribution in [0.15, 0.2) is 40.8 Å². The number of nitrogens with one attached hydrogen (secondary N) is 1. The third-order valence-corrected chi connectivity index (χ3v) is 4.93. The molecule has 2 heterocycles. The van der Waals surface area contributed by atoms with Gasteiger partial charge in [0.15, 0.2) is 23.0 Å². The van der Waals surface area contributed by atoms with Crippen LogP contribution in [0.25, 0.3) is 17.2 Å². The van der Waals surface area contributed by atoms with Crippen LogP contribution in [0.3, 0.4) is 0 Å². The summed E-state index contributed by atoms with van der Waals surface area (Å²) in [6.45, 7) is 0.951. The van der Waals surface area contributed by atoms with E-state index in [4.69, 9.17) is 25.5 Å². The van der Waals surface area contributed by atoms with Gasteiger partial charge in [-0.2, -0.15) is 0 Å². The lowest BCUT2D eigenvalue weighted by Crippen LogP contribution is -2.15. The first-order valence-corrected chi connectivity index (χ1v) is 9.52. The van der Waals surface area contributed by atoms with Crippen molar-refractivity contribution in [2.24, 2.45) is 0 Å². The molecule has 7 heteroatoms. The second-order valence-electron chi connectivity index (χ2n) is 6.86. The zero-order chi connectivity index (χ0) is 19.1. The normalized spacial score (nSPS) is 15.9. The Kier molecular flexibility index (Phi) is 4.20. The Balaban J connectivity index is 1.30. The van der Waals surface area contributed by atoms with Crippen molar-refractivity contribution in [2.75, 3.05) is 18.5 Å². The van der Waals surface area contributed by atoms with Gasteiger partial charge in [-0.3, -0.25) is 4.79 Å². The van der Waals surface area contributed by atoms with E-state index in [0.717, 1.165) is 35.4 Å². The Morgan fingerprint density at radius 3 is 2.89 bits per heavy atom. The largest absolute Gasteiger partial charge is 0.486 e. The van der Waals surface area contributed by atoms with Crippen molar-refractivity contribution in [1.29, 1.82) is 0 Å². The summed E-state index contributed by atoms with van der Waals surface area (Å²) in [5.41, 5.74) is 2.91. The van der Waals surface area contributed by atoms with Crippen LogP contribution >= 0.6 is 11.6 Å².